The average molecular weight is 260 g/mol. The van der Waals surface area contributed by atoms with E-state index in [0.717, 1.165) is 0 Å². The molecule has 0 radical (unpaired) electrons. The molecule has 0 aliphatic heterocycles. The van der Waals surface area contributed by atoms with E-state index in [4.69, 9.17) is 5.11 Å². The van der Waals surface area contributed by atoms with Gasteiger partial charge in [0.2, 0.25) is 5.91 Å². The van der Waals surface area contributed by atoms with Crippen LogP contribution in [-0.2, 0) is 19.1 Å². The smallest absolute Gasteiger partial charge is 0.326 e. The summed E-state index contributed by atoms with van der Waals surface area (Å²) in [4.78, 5) is 33.7. The summed E-state index contributed by atoms with van der Waals surface area (Å²) in [5.74, 6) is -2.13. The highest BCUT2D eigenvalue weighted by molar-refractivity contribution is 5.89. The molecule has 1 amide bonds. The molecule has 0 heterocycles. The number of nitrogens with one attached hydrogen (secondary N) is 2. The second-order valence-corrected chi connectivity index (χ2v) is 4.35. The van der Waals surface area contributed by atoms with Gasteiger partial charge in [0, 0.05) is 6.42 Å². The van der Waals surface area contributed by atoms with E-state index in [1.807, 2.05) is 0 Å². The van der Waals surface area contributed by atoms with E-state index < -0.39 is 29.4 Å². The van der Waals surface area contributed by atoms with Gasteiger partial charge >= 0.3 is 11.9 Å². The van der Waals surface area contributed by atoms with Crippen molar-refractivity contribution in [2.75, 3.05) is 14.2 Å². The molecule has 0 aromatic rings. The number of hydrogen-bond acceptors (Lipinski definition) is 5. The van der Waals surface area contributed by atoms with Gasteiger partial charge in [-0.15, -0.1) is 0 Å². The lowest BCUT2D eigenvalue weighted by Gasteiger charge is -2.25. The summed E-state index contributed by atoms with van der Waals surface area (Å²) in [5, 5.41) is 14.1. The van der Waals surface area contributed by atoms with Crippen molar-refractivity contribution >= 4 is 17.8 Å². The van der Waals surface area contributed by atoms with Crippen molar-refractivity contribution in [3.8, 4) is 0 Å². The first-order valence-electron chi connectivity index (χ1n) is 5.54. The zero-order chi connectivity index (χ0) is 14.3. The number of carbonyl (C=O) groups is 3. The van der Waals surface area contributed by atoms with Crippen molar-refractivity contribution in [2.45, 2.75) is 38.3 Å². The molecule has 0 bridgehead atoms. The second kappa shape index (κ2) is 6.95. The molecule has 1 atom stereocenters. The SMILES string of the molecule is CNC(C)(C)C(=O)N[C@H](CCC(=O)OC)C(=O)O. The predicted molar refractivity (Wildman–Crippen MR) is 64.0 cm³/mol. The fourth-order valence-corrected chi connectivity index (χ4v) is 1.07. The number of ether oxygens (including phenoxy) is 1. The van der Waals surface area contributed by atoms with Gasteiger partial charge in [-0.1, -0.05) is 0 Å². The van der Waals surface area contributed by atoms with Crippen LogP contribution in [0.2, 0.25) is 0 Å². The molecule has 104 valence electrons. The van der Waals surface area contributed by atoms with E-state index in [1.54, 1.807) is 20.9 Å². The highest BCUT2D eigenvalue weighted by atomic mass is 16.5. The van der Waals surface area contributed by atoms with E-state index in [9.17, 15) is 14.4 Å². The highest BCUT2D eigenvalue weighted by Gasteiger charge is 2.30. The molecule has 0 rings (SSSR count). The van der Waals surface area contributed by atoms with Crippen molar-refractivity contribution in [1.29, 1.82) is 0 Å². The van der Waals surface area contributed by atoms with Gasteiger partial charge in [0.1, 0.15) is 6.04 Å². The third-order valence-corrected chi connectivity index (χ3v) is 2.66. The van der Waals surface area contributed by atoms with Crippen molar-refractivity contribution < 1.29 is 24.2 Å². The fraction of sp³-hybridized carbons (Fsp3) is 0.727. The van der Waals surface area contributed by atoms with Gasteiger partial charge < -0.3 is 20.5 Å². The molecule has 0 saturated carbocycles. The number of rotatable bonds is 7. The minimum absolute atomic E-state index is 0.00641. The Hall–Kier alpha value is -1.63. The van der Waals surface area contributed by atoms with Gasteiger partial charge in [-0.05, 0) is 27.3 Å². The van der Waals surface area contributed by atoms with Crippen LogP contribution in [0.25, 0.3) is 0 Å². The number of carboxylic acid groups (broad SMARTS) is 1. The maximum absolute atomic E-state index is 11.8. The zero-order valence-corrected chi connectivity index (χ0v) is 11.1. The zero-order valence-electron chi connectivity index (χ0n) is 11.1. The van der Waals surface area contributed by atoms with Crippen LogP contribution in [0.15, 0.2) is 0 Å². The molecule has 0 fully saturated rings. The Kier molecular flexibility index (Phi) is 6.32. The number of esters is 1. The van der Waals surface area contributed by atoms with Gasteiger partial charge in [0.25, 0.3) is 0 Å². The number of amides is 1. The van der Waals surface area contributed by atoms with Crippen LogP contribution in [-0.4, -0.2) is 48.7 Å². The quantitative estimate of drug-likeness (QED) is 0.533. The standard InChI is InChI=1S/C11H20N2O5/c1-11(2,12-3)10(17)13-7(9(15)16)5-6-8(14)18-4/h7,12H,5-6H2,1-4H3,(H,13,17)(H,15,16)/t7-/m1/s1. The van der Waals surface area contributed by atoms with Crippen LogP contribution in [0.5, 0.6) is 0 Å². The normalized spacial score (nSPS) is 12.7. The maximum Gasteiger partial charge on any atom is 0.326 e. The van der Waals surface area contributed by atoms with Crippen molar-refractivity contribution in [3.63, 3.8) is 0 Å². The van der Waals surface area contributed by atoms with Gasteiger partial charge in [0.15, 0.2) is 0 Å². The number of aliphatic carboxylic acids is 1. The predicted octanol–water partition coefficient (Wildman–Crippen LogP) is -0.493. The molecule has 0 spiro atoms. The average Bonchev–Trinajstić information content (AvgIpc) is 2.32. The van der Waals surface area contributed by atoms with E-state index in [-0.39, 0.29) is 12.8 Å². The third kappa shape index (κ3) is 5.13. The molecule has 18 heavy (non-hydrogen) atoms. The minimum Gasteiger partial charge on any atom is -0.480 e. The van der Waals surface area contributed by atoms with Crippen LogP contribution in [0.3, 0.4) is 0 Å². The molecule has 0 aromatic carbocycles. The van der Waals surface area contributed by atoms with Crippen molar-refractivity contribution in [3.05, 3.63) is 0 Å². The Morgan fingerprint density at radius 2 is 1.89 bits per heavy atom. The Balaban J connectivity index is 4.50. The molecular formula is C11H20N2O5. The van der Waals surface area contributed by atoms with Crippen LogP contribution >= 0.6 is 0 Å². The summed E-state index contributed by atoms with van der Waals surface area (Å²) in [6.45, 7) is 3.25. The molecule has 0 aliphatic carbocycles. The maximum atomic E-state index is 11.8. The van der Waals surface area contributed by atoms with Gasteiger partial charge in [-0.25, -0.2) is 4.79 Å². The lowest BCUT2D eigenvalue weighted by molar-refractivity contribution is -0.144. The van der Waals surface area contributed by atoms with Crippen LogP contribution < -0.4 is 10.6 Å². The summed E-state index contributed by atoms with van der Waals surface area (Å²) in [6, 6.07) is -1.11. The number of likely N-dealkylation sites (N-methyl/N-ethyl adjacent to an activating group) is 1. The first-order valence-corrected chi connectivity index (χ1v) is 5.54. The Bertz CT molecular complexity index is 327. The summed E-state index contributed by atoms with van der Waals surface area (Å²) < 4.78 is 4.42. The van der Waals surface area contributed by atoms with Gasteiger partial charge in [0.05, 0.1) is 12.6 Å². The molecule has 0 unspecified atom stereocenters. The van der Waals surface area contributed by atoms with E-state index >= 15 is 0 Å². The molecule has 3 N–H and O–H groups in total. The first kappa shape index (κ1) is 16.4. The molecule has 0 aromatic heterocycles. The highest BCUT2D eigenvalue weighted by Crippen LogP contribution is 2.05. The van der Waals surface area contributed by atoms with Crippen LogP contribution in [0.1, 0.15) is 26.7 Å². The number of methoxy groups -OCH3 is 1. The monoisotopic (exact) mass is 260 g/mol. The summed E-state index contributed by atoms with van der Waals surface area (Å²) in [5.41, 5.74) is -0.876. The molecule has 7 nitrogen and oxygen atoms in total. The summed E-state index contributed by atoms with van der Waals surface area (Å²) in [7, 11) is 2.82. The lowest BCUT2D eigenvalue weighted by Crippen LogP contribution is -2.55. The van der Waals surface area contributed by atoms with Crippen LogP contribution in [0, 0.1) is 0 Å². The van der Waals surface area contributed by atoms with Gasteiger partial charge in [-0.2, -0.15) is 0 Å². The van der Waals surface area contributed by atoms with E-state index in [1.165, 1.54) is 7.11 Å². The second-order valence-electron chi connectivity index (χ2n) is 4.35. The molecule has 0 saturated heterocycles. The van der Waals surface area contributed by atoms with Crippen molar-refractivity contribution in [2.24, 2.45) is 0 Å². The minimum atomic E-state index is -1.18. The Morgan fingerprint density at radius 1 is 1.33 bits per heavy atom. The number of carbonyl (C=O) groups excluding carboxylic acids is 2. The molecular weight excluding hydrogens is 240 g/mol. The van der Waals surface area contributed by atoms with Crippen molar-refractivity contribution in [1.82, 2.24) is 10.6 Å². The fourth-order valence-electron chi connectivity index (χ4n) is 1.07. The lowest BCUT2D eigenvalue weighted by atomic mass is 10.0. The Labute approximate surface area is 106 Å². The molecule has 7 heteroatoms. The Morgan fingerprint density at radius 3 is 2.28 bits per heavy atom. The number of carboxylic acids is 1. The third-order valence-electron chi connectivity index (χ3n) is 2.66. The largest absolute Gasteiger partial charge is 0.480 e. The van der Waals surface area contributed by atoms with E-state index in [0.29, 0.717) is 0 Å². The summed E-state index contributed by atoms with van der Waals surface area (Å²) >= 11 is 0. The van der Waals surface area contributed by atoms with Crippen LogP contribution in [0.4, 0.5) is 0 Å². The summed E-state index contributed by atoms with van der Waals surface area (Å²) in [6.07, 6.45) is -0.0682. The topological polar surface area (TPSA) is 105 Å². The van der Waals surface area contributed by atoms with Gasteiger partial charge in [-0.3, -0.25) is 9.59 Å². The number of hydrogen-bond donors (Lipinski definition) is 3. The first-order chi connectivity index (χ1) is 8.24. The van der Waals surface area contributed by atoms with E-state index in [2.05, 4.69) is 15.4 Å². The molecule has 0 aliphatic rings.